The van der Waals surface area contributed by atoms with Gasteiger partial charge in [0, 0.05) is 18.3 Å². The Hall–Kier alpha value is -3.33. The third-order valence-corrected chi connectivity index (χ3v) is 7.02. The molecule has 2 aliphatic heterocycles. The number of nitrogens with one attached hydrogen (secondary N) is 1. The van der Waals surface area contributed by atoms with Crippen LogP contribution in [-0.4, -0.2) is 26.9 Å². The zero-order chi connectivity index (χ0) is 21.2. The smallest absolute Gasteiger partial charge is 0.295 e. The van der Waals surface area contributed by atoms with Gasteiger partial charge in [0.2, 0.25) is 10.8 Å². The molecule has 5 rings (SSSR count). The molecule has 0 unspecified atom stereocenters. The maximum Gasteiger partial charge on any atom is 0.295 e. The molecule has 1 fully saturated rings. The van der Waals surface area contributed by atoms with Gasteiger partial charge in [-0.05, 0) is 37.3 Å². The largest absolute Gasteiger partial charge is 0.323 e. The van der Waals surface area contributed by atoms with Crippen LogP contribution in [0.25, 0.3) is 5.69 Å². The molecule has 1 aromatic heterocycles. The number of halogens is 1. The Bertz CT molecular complexity index is 1280. The highest BCUT2D eigenvalue weighted by Gasteiger charge is 2.59. The molecule has 9 heteroatoms. The normalized spacial score (nSPS) is 20.2. The van der Waals surface area contributed by atoms with Crippen LogP contribution in [0.5, 0.6) is 0 Å². The van der Waals surface area contributed by atoms with E-state index in [9.17, 15) is 18.8 Å². The number of thioether (sulfide) groups is 1. The summed E-state index contributed by atoms with van der Waals surface area (Å²) in [5.74, 6) is -1.36. The highest BCUT2D eigenvalue weighted by molar-refractivity contribution is 8.02. The SMILES string of the molecule is Cc1c(N2C(=O)CS[C@@]23C(=O)Nc2ccc(F)cc23)c(=O)n(-c2ccccc2)n1C. The predicted molar refractivity (Wildman–Crippen MR) is 112 cm³/mol. The lowest BCUT2D eigenvalue weighted by atomic mass is 10.0. The number of carbonyl (C=O) groups excluding carboxylic acids is 2. The number of nitrogens with zero attached hydrogens (tertiary/aromatic N) is 3. The summed E-state index contributed by atoms with van der Waals surface area (Å²) in [7, 11) is 1.72. The molecule has 0 bridgehead atoms. The van der Waals surface area contributed by atoms with Gasteiger partial charge in [-0.1, -0.05) is 18.2 Å². The molecule has 1 spiro atoms. The van der Waals surface area contributed by atoms with Crippen LogP contribution in [0.3, 0.4) is 0 Å². The topological polar surface area (TPSA) is 76.3 Å². The van der Waals surface area contributed by atoms with E-state index in [1.54, 1.807) is 30.8 Å². The van der Waals surface area contributed by atoms with E-state index in [1.807, 2.05) is 18.2 Å². The second-order valence-corrected chi connectivity index (χ2v) is 8.38. The lowest BCUT2D eigenvalue weighted by Crippen LogP contribution is -2.49. The highest BCUT2D eigenvalue weighted by atomic mass is 32.2. The fourth-order valence-electron chi connectivity index (χ4n) is 4.17. The summed E-state index contributed by atoms with van der Waals surface area (Å²) in [6.07, 6.45) is 0. The number of hydrogen-bond acceptors (Lipinski definition) is 4. The van der Waals surface area contributed by atoms with Gasteiger partial charge in [0.05, 0.1) is 17.1 Å². The van der Waals surface area contributed by atoms with Gasteiger partial charge in [0.1, 0.15) is 11.5 Å². The zero-order valence-corrected chi connectivity index (χ0v) is 17.0. The second kappa shape index (κ2) is 6.33. The van der Waals surface area contributed by atoms with Gasteiger partial charge in [-0.2, -0.15) is 0 Å². The standard InChI is InChI=1S/C21H17FN4O3S/c1-12-18(19(28)26(24(12)2)14-6-4-3-5-7-14)25-17(27)11-30-21(25)15-10-13(22)8-9-16(15)23-20(21)29/h3-10H,11H2,1-2H3,(H,23,29)/t21-/m0/s1. The van der Waals surface area contributed by atoms with E-state index in [0.717, 1.165) is 11.8 Å². The predicted octanol–water partition coefficient (Wildman–Crippen LogP) is 2.51. The average Bonchev–Trinajstić information content (AvgIpc) is 3.29. The van der Waals surface area contributed by atoms with Crippen LogP contribution >= 0.6 is 11.8 Å². The molecule has 7 nitrogen and oxygen atoms in total. The quantitative estimate of drug-likeness (QED) is 0.686. The van der Waals surface area contributed by atoms with E-state index in [-0.39, 0.29) is 17.3 Å². The Balaban J connectivity index is 1.78. The van der Waals surface area contributed by atoms with Crippen molar-refractivity contribution in [2.24, 2.45) is 7.05 Å². The van der Waals surface area contributed by atoms with Crippen molar-refractivity contribution in [2.45, 2.75) is 11.8 Å². The molecule has 0 aliphatic carbocycles. The van der Waals surface area contributed by atoms with E-state index < -0.39 is 22.2 Å². The number of para-hydroxylation sites is 1. The minimum atomic E-state index is -1.52. The van der Waals surface area contributed by atoms with Crippen LogP contribution in [0.4, 0.5) is 15.8 Å². The van der Waals surface area contributed by atoms with Crippen molar-refractivity contribution in [2.75, 3.05) is 16.0 Å². The molecule has 2 aromatic carbocycles. The molecular formula is C21H17FN4O3S. The lowest BCUT2D eigenvalue weighted by molar-refractivity contribution is -0.122. The molecule has 1 atom stereocenters. The third-order valence-electron chi connectivity index (χ3n) is 5.62. The zero-order valence-electron chi connectivity index (χ0n) is 16.2. The van der Waals surface area contributed by atoms with Gasteiger partial charge in [-0.15, -0.1) is 11.8 Å². The Labute approximate surface area is 175 Å². The Kier molecular flexibility index (Phi) is 3.94. The first-order chi connectivity index (χ1) is 14.4. The van der Waals surface area contributed by atoms with Crippen LogP contribution in [0, 0.1) is 12.7 Å². The van der Waals surface area contributed by atoms with E-state index in [1.165, 1.54) is 27.8 Å². The van der Waals surface area contributed by atoms with Gasteiger partial charge in [0.15, 0.2) is 0 Å². The fraction of sp³-hybridized carbons (Fsp3) is 0.190. The monoisotopic (exact) mass is 424 g/mol. The summed E-state index contributed by atoms with van der Waals surface area (Å²) < 4.78 is 17.2. The van der Waals surface area contributed by atoms with Crippen molar-refractivity contribution in [3.8, 4) is 5.69 Å². The minimum absolute atomic E-state index is 0.00246. The number of hydrogen-bond donors (Lipinski definition) is 1. The van der Waals surface area contributed by atoms with Crippen molar-refractivity contribution in [3.05, 3.63) is 76.0 Å². The second-order valence-electron chi connectivity index (χ2n) is 7.22. The van der Waals surface area contributed by atoms with Crippen LogP contribution in [0.1, 0.15) is 11.3 Å². The average molecular weight is 424 g/mol. The summed E-state index contributed by atoms with van der Waals surface area (Å²) in [5, 5.41) is 2.73. The van der Waals surface area contributed by atoms with E-state index in [4.69, 9.17) is 0 Å². The fourth-order valence-corrected chi connectivity index (χ4v) is 5.46. The summed E-state index contributed by atoms with van der Waals surface area (Å²) in [4.78, 5) is 39.4. The van der Waals surface area contributed by atoms with Crippen molar-refractivity contribution in [1.29, 1.82) is 0 Å². The molecule has 2 amide bonds. The minimum Gasteiger partial charge on any atom is -0.323 e. The van der Waals surface area contributed by atoms with Gasteiger partial charge < -0.3 is 5.32 Å². The number of fused-ring (bicyclic) bond motifs is 2. The Morgan fingerprint density at radius 2 is 1.83 bits per heavy atom. The molecule has 3 aromatic rings. The van der Waals surface area contributed by atoms with Gasteiger partial charge >= 0.3 is 0 Å². The summed E-state index contributed by atoms with van der Waals surface area (Å²) >= 11 is 1.09. The number of rotatable bonds is 2. The number of anilines is 2. The van der Waals surface area contributed by atoms with Crippen LogP contribution in [-0.2, 0) is 21.5 Å². The first kappa shape index (κ1) is 18.7. The lowest BCUT2D eigenvalue weighted by Gasteiger charge is -2.31. The molecule has 3 heterocycles. The third kappa shape index (κ3) is 2.29. The number of aromatic nitrogens is 2. The van der Waals surface area contributed by atoms with Gasteiger partial charge in [-0.3, -0.25) is 24.0 Å². The molecule has 0 saturated carbocycles. The van der Waals surface area contributed by atoms with Crippen molar-refractivity contribution < 1.29 is 14.0 Å². The molecule has 2 aliphatic rings. The van der Waals surface area contributed by atoms with Gasteiger partial charge in [-0.25, -0.2) is 9.07 Å². The first-order valence-electron chi connectivity index (χ1n) is 9.29. The molecular weight excluding hydrogens is 407 g/mol. The van der Waals surface area contributed by atoms with Crippen molar-refractivity contribution in [1.82, 2.24) is 9.36 Å². The van der Waals surface area contributed by atoms with Gasteiger partial charge in [0.25, 0.3) is 11.5 Å². The van der Waals surface area contributed by atoms with Crippen molar-refractivity contribution >= 4 is 35.0 Å². The van der Waals surface area contributed by atoms with Crippen LogP contribution < -0.4 is 15.8 Å². The molecule has 30 heavy (non-hydrogen) atoms. The maximum atomic E-state index is 14.1. The van der Waals surface area contributed by atoms with E-state index in [2.05, 4.69) is 5.32 Å². The van der Waals surface area contributed by atoms with Crippen LogP contribution in [0.2, 0.25) is 0 Å². The number of benzene rings is 2. The van der Waals surface area contributed by atoms with E-state index >= 15 is 0 Å². The maximum absolute atomic E-state index is 14.1. The summed E-state index contributed by atoms with van der Waals surface area (Å²) in [6, 6.07) is 13.0. The van der Waals surface area contributed by atoms with E-state index in [0.29, 0.717) is 22.6 Å². The summed E-state index contributed by atoms with van der Waals surface area (Å²) in [6.45, 7) is 1.72. The molecule has 1 N–H and O–H groups in total. The Morgan fingerprint density at radius 1 is 1.10 bits per heavy atom. The van der Waals surface area contributed by atoms with Crippen molar-refractivity contribution in [3.63, 3.8) is 0 Å². The Morgan fingerprint density at radius 3 is 2.57 bits per heavy atom. The van der Waals surface area contributed by atoms with Crippen LogP contribution in [0.15, 0.2) is 53.3 Å². The summed E-state index contributed by atoms with van der Waals surface area (Å²) in [5.41, 5.74) is 1.63. The molecule has 152 valence electrons. The highest BCUT2D eigenvalue weighted by Crippen LogP contribution is 2.53. The molecule has 1 saturated heterocycles. The molecule has 0 radical (unpaired) electrons. The number of amides is 2. The first-order valence-corrected chi connectivity index (χ1v) is 10.3. The number of carbonyl (C=O) groups is 2.